The summed E-state index contributed by atoms with van der Waals surface area (Å²) in [5, 5.41) is 16.0. The Kier molecular flexibility index (Phi) is 4.08. The molecule has 0 unspecified atom stereocenters. The van der Waals surface area contributed by atoms with Gasteiger partial charge in [-0.3, -0.25) is 4.79 Å². The highest BCUT2D eigenvalue weighted by Crippen LogP contribution is 2.30. The molecule has 8 nitrogen and oxygen atoms in total. The average molecular weight is 355 g/mol. The molecule has 0 radical (unpaired) electrons. The molecule has 26 heavy (non-hydrogen) atoms. The molecule has 1 fully saturated rings. The van der Waals surface area contributed by atoms with E-state index in [1.165, 1.54) is 10.9 Å². The highest BCUT2D eigenvalue weighted by molar-refractivity contribution is 5.91. The fraction of sp³-hybridized carbons (Fsp3) is 0.278. The summed E-state index contributed by atoms with van der Waals surface area (Å²) in [6.45, 7) is 0.0958. The van der Waals surface area contributed by atoms with Gasteiger partial charge in [0.2, 0.25) is 5.69 Å². The Morgan fingerprint density at radius 1 is 1.35 bits per heavy atom. The van der Waals surface area contributed by atoms with Crippen molar-refractivity contribution in [2.75, 3.05) is 7.11 Å². The molecule has 0 saturated heterocycles. The molecule has 2 heterocycles. The quantitative estimate of drug-likeness (QED) is 0.621. The second kappa shape index (κ2) is 6.55. The number of ether oxygens (including phenoxy) is 1. The van der Waals surface area contributed by atoms with Crippen LogP contribution in [0, 0.1) is 0 Å². The first kappa shape index (κ1) is 16.2. The zero-order chi connectivity index (χ0) is 18.1. The van der Waals surface area contributed by atoms with Crippen LogP contribution in [0.3, 0.4) is 0 Å². The van der Waals surface area contributed by atoms with Gasteiger partial charge in [-0.05, 0) is 41.8 Å². The summed E-state index contributed by atoms with van der Waals surface area (Å²) >= 11 is 0. The monoisotopic (exact) mass is 355 g/mol. The lowest BCUT2D eigenvalue weighted by Crippen LogP contribution is -2.42. The van der Waals surface area contributed by atoms with Gasteiger partial charge in [-0.2, -0.15) is 0 Å². The zero-order valence-electron chi connectivity index (χ0n) is 14.1. The lowest BCUT2D eigenvalue weighted by Gasteiger charge is -2.19. The topological polar surface area (TPSA) is 95.6 Å². The molecule has 8 heteroatoms. The lowest BCUT2D eigenvalue weighted by molar-refractivity contribution is -0.678. The highest BCUT2D eigenvalue weighted by Gasteiger charge is 2.37. The maximum Gasteiger partial charge on any atom is 0.290 e. The van der Waals surface area contributed by atoms with Gasteiger partial charge in [0.1, 0.15) is 12.3 Å². The number of benzene rings is 1. The molecule has 3 aromatic rings. The SMILES string of the molecule is COc1ccc(-[n+]2noc([O-])c2CN(C(=O)c2ccco2)C2CC2)cc1. The molecule has 1 amide bonds. The summed E-state index contributed by atoms with van der Waals surface area (Å²) in [4.78, 5) is 14.3. The molecule has 0 N–H and O–H groups in total. The van der Waals surface area contributed by atoms with E-state index in [0.29, 0.717) is 11.4 Å². The van der Waals surface area contributed by atoms with E-state index in [-0.39, 0.29) is 29.9 Å². The van der Waals surface area contributed by atoms with Crippen LogP contribution in [0.2, 0.25) is 0 Å². The van der Waals surface area contributed by atoms with Crippen LogP contribution < -0.4 is 14.5 Å². The molecule has 134 valence electrons. The second-order valence-corrected chi connectivity index (χ2v) is 6.06. The normalized spacial score (nSPS) is 13.6. The Balaban J connectivity index is 1.64. The summed E-state index contributed by atoms with van der Waals surface area (Å²) in [5.74, 6) is 0.115. The molecule has 2 aromatic heterocycles. The minimum Gasteiger partial charge on any atom is -0.539 e. The molecule has 0 bridgehead atoms. The van der Waals surface area contributed by atoms with Crippen LogP contribution in [-0.2, 0) is 6.54 Å². The smallest absolute Gasteiger partial charge is 0.290 e. The van der Waals surface area contributed by atoms with E-state index in [4.69, 9.17) is 13.7 Å². The number of nitrogens with zero attached hydrogens (tertiary/aromatic N) is 3. The van der Waals surface area contributed by atoms with Gasteiger partial charge in [-0.25, -0.2) is 0 Å². The Hall–Kier alpha value is -3.29. The molecule has 0 atom stereocenters. The molecule has 1 aromatic carbocycles. The number of amides is 1. The van der Waals surface area contributed by atoms with Crippen molar-refractivity contribution in [3.63, 3.8) is 0 Å². The number of rotatable bonds is 6. The first-order valence-electron chi connectivity index (χ1n) is 8.24. The molecule has 0 aliphatic heterocycles. The van der Waals surface area contributed by atoms with Crippen molar-refractivity contribution in [2.24, 2.45) is 0 Å². The van der Waals surface area contributed by atoms with Gasteiger partial charge in [0, 0.05) is 18.2 Å². The van der Waals surface area contributed by atoms with E-state index in [1.54, 1.807) is 48.4 Å². The Bertz CT molecular complexity index is 898. The minimum absolute atomic E-state index is 0.0891. The third kappa shape index (κ3) is 3.01. The maximum atomic E-state index is 12.7. The lowest BCUT2D eigenvalue weighted by atomic mass is 10.2. The van der Waals surface area contributed by atoms with E-state index in [1.807, 2.05) is 0 Å². The van der Waals surface area contributed by atoms with Crippen molar-refractivity contribution in [3.05, 3.63) is 54.1 Å². The number of carbonyl (C=O) groups excluding carboxylic acids is 1. The summed E-state index contributed by atoms with van der Waals surface area (Å²) < 4.78 is 16.6. The van der Waals surface area contributed by atoms with Crippen LogP contribution in [0.5, 0.6) is 11.7 Å². The fourth-order valence-electron chi connectivity index (χ4n) is 2.78. The largest absolute Gasteiger partial charge is 0.539 e. The van der Waals surface area contributed by atoms with Crippen LogP contribution >= 0.6 is 0 Å². The van der Waals surface area contributed by atoms with Crippen LogP contribution in [0.25, 0.3) is 5.69 Å². The van der Waals surface area contributed by atoms with Crippen molar-refractivity contribution < 1.29 is 28.3 Å². The first-order chi connectivity index (χ1) is 12.7. The van der Waals surface area contributed by atoms with E-state index in [9.17, 15) is 9.90 Å². The predicted molar refractivity (Wildman–Crippen MR) is 85.6 cm³/mol. The molecule has 1 aliphatic carbocycles. The maximum absolute atomic E-state index is 12.7. The number of hydrogen-bond donors (Lipinski definition) is 0. The predicted octanol–water partition coefficient (Wildman–Crippen LogP) is 1.43. The van der Waals surface area contributed by atoms with E-state index < -0.39 is 5.95 Å². The number of carbonyl (C=O) groups is 1. The van der Waals surface area contributed by atoms with Crippen molar-refractivity contribution in [3.8, 4) is 17.4 Å². The van der Waals surface area contributed by atoms with E-state index >= 15 is 0 Å². The van der Waals surface area contributed by atoms with Gasteiger partial charge < -0.3 is 23.7 Å². The summed E-state index contributed by atoms with van der Waals surface area (Å²) in [6.07, 6.45) is 3.25. The van der Waals surface area contributed by atoms with Crippen LogP contribution in [0.1, 0.15) is 29.1 Å². The molecule has 1 saturated carbocycles. The summed E-state index contributed by atoms with van der Waals surface area (Å²) in [7, 11) is 1.58. The van der Waals surface area contributed by atoms with Gasteiger partial charge in [-0.1, -0.05) is 0 Å². The van der Waals surface area contributed by atoms with Gasteiger partial charge >= 0.3 is 0 Å². The number of methoxy groups -OCH3 is 1. The highest BCUT2D eigenvalue weighted by atomic mass is 16.6. The molecule has 4 rings (SSSR count). The van der Waals surface area contributed by atoms with Gasteiger partial charge in [0.05, 0.1) is 18.6 Å². The fourth-order valence-corrected chi connectivity index (χ4v) is 2.78. The van der Waals surface area contributed by atoms with Crippen LogP contribution in [0.15, 0.2) is 51.6 Å². The third-order valence-electron chi connectivity index (χ3n) is 4.31. The van der Waals surface area contributed by atoms with Crippen molar-refractivity contribution in [1.29, 1.82) is 0 Å². The standard InChI is InChI=1S/C18H17N3O5/c1-24-14-8-6-13(7-9-14)21-15(18(23)26-19-21)11-20(12-4-5-12)17(22)16-3-2-10-25-16/h2-3,6-10,12H,4-5,11H2,1H3. The second-order valence-electron chi connectivity index (χ2n) is 6.06. The number of furan rings is 1. The van der Waals surface area contributed by atoms with Gasteiger partial charge in [0.25, 0.3) is 11.6 Å². The Labute approximate surface area is 149 Å². The zero-order valence-corrected chi connectivity index (χ0v) is 14.1. The summed E-state index contributed by atoms with van der Waals surface area (Å²) in [5.41, 5.74) is 0.926. The van der Waals surface area contributed by atoms with E-state index in [2.05, 4.69) is 5.27 Å². The Morgan fingerprint density at radius 3 is 2.73 bits per heavy atom. The first-order valence-corrected chi connectivity index (χ1v) is 8.24. The molecular formula is C18H17N3O5. The minimum atomic E-state index is -0.571. The van der Waals surface area contributed by atoms with Crippen molar-refractivity contribution in [2.45, 2.75) is 25.4 Å². The average Bonchev–Trinajstić information content (AvgIpc) is 3.22. The number of hydrogen-bond acceptors (Lipinski definition) is 6. The third-order valence-corrected chi connectivity index (χ3v) is 4.31. The van der Waals surface area contributed by atoms with E-state index in [0.717, 1.165) is 12.8 Å². The molecular weight excluding hydrogens is 338 g/mol. The Morgan fingerprint density at radius 2 is 2.12 bits per heavy atom. The van der Waals surface area contributed by atoms with Crippen LogP contribution in [-0.4, -0.2) is 29.2 Å². The van der Waals surface area contributed by atoms with Crippen molar-refractivity contribution in [1.82, 2.24) is 10.2 Å². The van der Waals surface area contributed by atoms with Crippen molar-refractivity contribution >= 4 is 5.91 Å². The molecule has 1 aliphatic rings. The number of aromatic nitrogens is 2. The van der Waals surface area contributed by atoms with Gasteiger partial charge in [0.15, 0.2) is 11.7 Å². The summed E-state index contributed by atoms with van der Waals surface area (Å²) in [6, 6.07) is 10.4. The van der Waals surface area contributed by atoms with Crippen LogP contribution in [0.4, 0.5) is 0 Å². The molecule has 0 spiro atoms. The van der Waals surface area contributed by atoms with Gasteiger partial charge in [-0.15, -0.1) is 0 Å².